The van der Waals surface area contributed by atoms with E-state index < -0.39 is 28.5 Å². The zero-order valence-corrected chi connectivity index (χ0v) is 19.2. The van der Waals surface area contributed by atoms with Gasteiger partial charge < -0.3 is 19.5 Å². The number of sulfonamides is 1. The van der Waals surface area contributed by atoms with Gasteiger partial charge in [0.1, 0.15) is 13.2 Å². The Labute approximate surface area is 197 Å². The first-order chi connectivity index (χ1) is 16.4. The fourth-order valence-electron chi connectivity index (χ4n) is 3.13. The molecule has 0 unspecified atom stereocenters. The van der Waals surface area contributed by atoms with Crippen LogP contribution in [0.5, 0.6) is 11.5 Å². The first-order valence-corrected chi connectivity index (χ1v) is 12.2. The van der Waals surface area contributed by atoms with Crippen LogP contribution in [0.2, 0.25) is 0 Å². The van der Waals surface area contributed by atoms with Crippen LogP contribution in [0.1, 0.15) is 31.2 Å². The molecule has 0 radical (unpaired) electrons. The van der Waals surface area contributed by atoms with Crippen molar-refractivity contribution in [1.29, 1.82) is 5.26 Å². The molecule has 0 atom stereocenters. The van der Waals surface area contributed by atoms with Crippen LogP contribution in [0.25, 0.3) is 0 Å². The highest BCUT2D eigenvalue weighted by atomic mass is 32.2. The summed E-state index contributed by atoms with van der Waals surface area (Å²) in [4.78, 5) is 23.8. The molecular formula is C23H25N3O7S. The van der Waals surface area contributed by atoms with Crippen LogP contribution in [0.4, 0.5) is 5.69 Å². The standard InChI is InChI=1S/C23H25N3O7S/c24-15-17-5-4-6-18(13-17)26-22(27)16-33-23(28)7-2-1-3-10-25-34(29,30)19-8-9-20-21(14-19)32-12-11-31-20/h4-6,8-9,13-14,25H,1-3,7,10-12,16H2,(H,26,27). The Balaban J connectivity index is 1.30. The van der Waals surface area contributed by atoms with E-state index in [0.717, 1.165) is 0 Å². The molecule has 2 N–H and O–H groups in total. The van der Waals surface area contributed by atoms with Gasteiger partial charge in [-0.25, -0.2) is 13.1 Å². The predicted octanol–water partition coefficient (Wildman–Crippen LogP) is 2.35. The molecule has 3 rings (SSSR count). The molecule has 0 bridgehead atoms. The first kappa shape index (κ1) is 25.0. The lowest BCUT2D eigenvalue weighted by Gasteiger charge is -2.18. The lowest BCUT2D eigenvalue weighted by molar-refractivity contribution is -0.147. The molecule has 2 aromatic carbocycles. The van der Waals surface area contributed by atoms with Crippen LogP contribution >= 0.6 is 0 Å². The number of hydrogen-bond acceptors (Lipinski definition) is 8. The van der Waals surface area contributed by atoms with Gasteiger partial charge in [0.15, 0.2) is 18.1 Å². The second kappa shape index (κ2) is 12.0. The molecule has 0 aliphatic carbocycles. The number of unbranched alkanes of at least 4 members (excludes halogenated alkanes) is 2. The minimum absolute atomic E-state index is 0.0953. The number of fused-ring (bicyclic) bond motifs is 1. The van der Waals surface area contributed by atoms with E-state index in [1.165, 1.54) is 18.2 Å². The number of anilines is 1. The highest BCUT2D eigenvalue weighted by Crippen LogP contribution is 2.32. The lowest BCUT2D eigenvalue weighted by Crippen LogP contribution is -2.25. The summed E-state index contributed by atoms with van der Waals surface area (Å²) >= 11 is 0. The van der Waals surface area contributed by atoms with E-state index in [1.54, 1.807) is 24.3 Å². The zero-order chi connectivity index (χ0) is 24.4. The summed E-state index contributed by atoms with van der Waals surface area (Å²) in [6.45, 7) is 0.587. The highest BCUT2D eigenvalue weighted by molar-refractivity contribution is 7.89. The second-order valence-corrected chi connectivity index (χ2v) is 9.18. The van der Waals surface area contributed by atoms with Gasteiger partial charge in [0.05, 0.1) is 16.5 Å². The number of hydrogen-bond donors (Lipinski definition) is 2. The van der Waals surface area contributed by atoms with Crippen molar-refractivity contribution in [3.8, 4) is 17.6 Å². The predicted molar refractivity (Wildman–Crippen MR) is 122 cm³/mol. The van der Waals surface area contributed by atoms with E-state index in [-0.39, 0.29) is 17.9 Å². The molecule has 10 nitrogen and oxygen atoms in total. The van der Waals surface area contributed by atoms with E-state index in [0.29, 0.717) is 55.2 Å². The molecule has 0 saturated carbocycles. The Morgan fingerprint density at radius 2 is 1.82 bits per heavy atom. The van der Waals surface area contributed by atoms with Crippen LogP contribution in [0, 0.1) is 11.3 Å². The minimum Gasteiger partial charge on any atom is -0.486 e. The molecule has 0 aromatic heterocycles. The highest BCUT2D eigenvalue weighted by Gasteiger charge is 2.19. The molecule has 0 fully saturated rings. The van der Waals surface area contributed by atoms with Crippen LogP contribution in [0.15, 0.2) is 47.4 Å². The van der Waals surface area contributed by atoms with Gasteiger partial charge in [-0.05, 0) is 43.2 Å². The third-order valence-electron chi connectivity index (χ3n) is 4.81. The fourth-order valence-corrected chi connectivity index (χ4v) is 4.22. The first-order valence-electron chi connectivity index (χ1n) is 10.7. The van der Waals surface area contributed by atoms with Crippen molar-refractivity contribution in [2.75, 3.05) is 31.7 Å². The fraction of sp³-hybridized carbons (Fsp3) is 0.348. The molecule has 1 aliphatic heterocycles. The van der Waals surface area contributed by atoms with Crippen molar-refractivity contribution in [2.45, 2.75) is 30.6 Å². The van der Waals surface area contributed by atoms with Crippen molar-refractivity contribution in [3.63, 3.8) is 0 Å². The van der Waals surface area contributed by atoms with E-state index in [1.807, 2.05) is 6.07 Å². The molecule has 0 spiro atoms. The molecule has 11 heteroatoms. The number of nitrogens with one attached hydrogen (secondary N) is 2. The monoisotopic (exact) mass is 487 g/mol. The second-order valence-electron chi connectivity index (χ2n) is 7.42. The van der Waals surface area contributed by atoms with Gasteiger partial charge in [-0.2, -0.15) is 5.26 Å². The summed E-state index contributed by atoms with van der Waals surface area (Å²) in [6.07, 6.45) is 1.75. The normalized spacial score (nSPS) is 12.4. The summed E-state index contributed by atoms with van der Waals surface area (Å²) in [5.74, 6) is -0.102. The minimum atomic E-state index is -3.69. The summed E-state index contributed by atoms with van der Waals surface area (Å²) in [5.41, 5.74) is 0.849. The molecule has 1 aliphatic rings. The van der Waals surface area contributed by atoms with Gasteiger partial charge in [0.2, 0.25) is 10.0 Å². The average Bonchev–Trinajstić information content (AvgIpc) is 2.84. The number of ether oxygens (including phenoxy) is 3. The van der Waals surface area contributed by atoms with E-state index in [2.05, 4.69) is 10.0 Å². The van der Waals surface area contributed by atoms with Crippen molar-refractivity contribution in [1.82, 2.24) is 4.72 Å². The van der Waals surface area contributed by atoms with Crippen LogP contribution in [0.3, 0.4) is 0 Å². The number of carbonyl (C=O) groups is 2. The zero-order valence-electron chi connectivity index (χ0n) is 18.4. The van der Waals surface area contributed by atoms with Crippen LogP contribution in [-0.4, -0.2) is 46.7 Å². The Bertz CT molecular complexity index is 1180. The molecule has 2 aromatic rings. The summed E-state index contributed by atoms with van der Waals surface area (Å²) in [5, 5.41) is 11.4. The van der Waals surface area contributed by atoms with Gasteiger partial charge in [0, 0.05) is 24.7 Å². The van der Waals surface area contributed by atoms with E-state index in [9.17, 15) is 18.0 Å². The average molecular weight is 488 g/mol. The van der Waals surface area contributed by atoms with Crippen molar-refractivity contribution < 1.29 is 32.2 Å². The van der Waals surface area contributed by atoms with E-state index in [4.69, 9.17) is 19.5 Å². The summed E-state index contributed by atoms with van der Waals surface area (Å²) in [6, 6.07) is 12.8. The molecule has 0 saturated heterocycles. The third-order valence-corrected chi connectivity index (χ3v) is 6.27. The van der Waals surface area contributed by atoms with Gasteiger partial charge in [-0.1, -0.05) is 12.5 Å². The van der Waals surface area contributed by atoms with Crippen molar-refractivity contribution >= 4 is 27.6 Å². The van der Waals surface area contributed by atoms with Crippen molar-refractivity contribution in [3.05, 3.63) is 48.0 Å². The molecule has 1 heterocycles. The quantitative estimate of drug-likeness (QED) is 0.363. The topological polar surface area (TPSA) is 144 Å². The Morgan fingerprint density at radius 1 is 1.03 bits per heavy atom. The molecule has 180 valence electrons. The lowest BCUT2D eigenvalue weighted by atomic mass is 10.2. The number of amides is 1. The Morgan fingerprint density at radius 3 is 2.62 bits per heavy atom. The molecule has 34 heavy (non-hydrogen) atoms. The summed E-state index contributed by atoms with van der Waals surface area (Å²) < 4.78 is 43.2. The molecular weight excluding hydrogens is 462 g/mol. The van der Waals surface area contributed by atoms with E-state index >= 15 is 0 Å². The largest absolute Gasteiger partial charge is 0.486 e. The Hall–Kier alpha value is -3.62. The number of nitriles is 1. The maximum absolute atomic E-state index is 12.4. The maximum atomic E-state index is 12.4. The maximum Gasteiger partial charge on any atom is 0.306 e. The number of carbonyl (C=O) groups excluding carboxylic acids is 2. The van der Waals surface area contributed by atoms with Gasteiger partial charge in [-0.3, -0.25) is 9.59 Å². The number of esters is 1. The van der Waals surface area contributed by atoms with Gasteiger partial charge >= 0.3 is 5.97 Å². The Kier molecular flexibility index (Phi) is 8.84. The van der Waals surface area contributed by atoms with Gasteiger partial charge in [-0.15, -0.1) is 0 Å². The number of nitrogens with zero attached hydrogens (tertiary/aromatic N) is 1. The SMILES string of the molecule is N#Cc1cccc(NC(=O)COC(=O)CCCCCNS(=O)(=O)c2ccc3c(c2)OCCO3)c1. The van der Waals surface area contributed by atoms with Crippen LogP contribution in [-0.2, 0) is 24.3 Å². The van der Waals surface area contributed by atoms with Crippen molar-refractivity contribution in [2.24, 2.45) is 0 Å². The third kappa shape index (κ3) is 7.47. The van der Waals surface area contributed by atoms with Gasteiger partial charge in [0.25, 0.3) is 5.91 Å². The summed E-state index contributed by atoms with van der Waals surface area (Å²) in [7, 11) is -3.69. The molecule has 1 amide bonds. The number of benzene rings is 2. The van der Waals surface area contributed by atoms with Crippen LogP contribution < -0.4 is 19.5 Å². The smallest absolute Gasteiger partial charge is 0.306 e. The number of rotatable bonds is 11.